The molecule has 4 heteroatoms. The first-order valence-electron chi connectivity index (χ1n) is 6.60. The molecule has 1 rings (SSSR count). The smallest absolute Gasteiger partial charge is 0.371 e. The summed E-state index contributed by atoms with van der Waals surface area (Å²) in [5.41, 5.74) is 0.926. The molecule has 18 heavy (non-hydrogen) atoms. The lowest BCUT2D eigenvalue weighted by atomic mass is 10.1. The molecule has 2 N–H and O–H groups in total. The zero-order valence-corrected chi connectivity index (χ0v) is 11.5. The molecule has 102 valence electrons. The second kappa shape index (κ2) is 7.21. The van der Waals surface area contributed by atoms with Crippen molar-refractivity contribution in [1.82, 2.24) is 5.32 Å². The fourth-order valence-corrected chi connectivity index (χ4v) is 1.89. The third kappa shape index (κ3) is 4.53. The molecule has 0 aromatic carbocycles. The second-order valence-electron chi connectivity index (χ2n) is 4.77. The number of carboxylic acids is 1. The number of unbranched alkanes of at least 4 members (excludes halogenated alkanes) is 2. The van der Waals surface area contributed by atoms with Gasteiger partial charge in [-0.05, 0) is 26.3 Å². The van der Waals surface area contributed by atoms with Crippen molar-refractivity contribution in [3.05, 3.63) is 23.2 Å². The number of nitrogens with one attached hydrogen (secondary N) is 1. The van der Waals surface area contributed by atoms with Gasteiger partial charge in [0.05, 0.1) is 0 Å². The maximum absolute atomic E-state index is 10.8. The predicted octanol–water partition coefficient (Wildman–Crippen LogP) is 3.34. The van der Waals surface area contributed by atoms with Gasteiger partial charge in [0.2, 0.25) is 5.76 Å². The summed E-state index contributed by atoms with van der Waals surface area (Å²) in [5, 5.41) is 12.2. The molecule has 0 saturated carbocycles. The first-order valence-corrected chi connectivity index (χ1v) is 6.60. The van der Waals surface area contributed by atoms with Crippen LogP contribution in [0.2, 0.25) is 0 Å². The van der Waals surface area contributed by atoms with E-state index in [0.717, 1.165) is 12.0 Å². The Hall–Kier alpha value is -1.29. The van der Waals surface area contributed by atoms with Gasteiger partial charge in [0.25, 0.3) is 0 Å². The fourth-order valence-electron chi connectivity index (χ4n) is 1.89. The van der Waals surface area contributed by atoms with Crippen LogP contribution in [0.3, 0.4) is 0 Å². The predicted molar refractivity (Wildman–Crippen MR) is 70.8 cm³/mol. The number of furan rings is 1. The summed E-state index contributed by atoms with van der Waals surface area (Å²) in [6.07, 6.45) is 4.88. The van der Waals surface area contributed by atoms with Crippen molar-refractivity contribution < 1.29 is 14.3 Å². The lowest BCUT2D eigenvalue weighted by molar-refractivity contribution is 0.0661. The Morgan fingerprint density at radius 3 is 2.78 bits per heavy atom. The maximum Gasteiger partial charge on any atom is 0.371 e. The Labute approximate surface area is 108 Å². The summed E-state index contributed by atoms with van der Waals surface area (Å²) >= 11 is 0. The molecule has 4 nitrogen and oxygen atoms in total. The van der Waals surface area contributed by atoms with E-state index in [1.807, 2.05) is 0 Å². The summed E-state index contributed by atoms with van der Waals surface area (Å²) in [6, 6.07) is 2.04. The van der Waals surface area contributed by atoms with Crippen molar-refractivity contribution in [2.24, 2.45) is 0 Å². The highest BCUT2D eigenvalue weighted by Crippen LogP contribution is 2.15. The number of hydrogen-bond donors (Lipinski definition) is 2. The van der Waals surface area contributed by atoms with Crippen LogP contribution in [0.4, 0.5) is 0 Å². The lowest BCUT2D eigenvalue weighted by Crippen LogP contribution is -2.25. The first-order chi connectivity index (χ1) is 8.54. The standard InChI is InChI=1S/C14H23NO3/c1-4-5-6-7-10(2)15-9-12-8-13(14(16)17)18-11(12)3/h8,10,15H,4-7,9H2,1-3H3,(H,16,17). The average molecular weight is 253 g/mol. The van der Waals surface area contributed by atoms with Crippen LogP contribution >= 0.6 is 0 Å². The quantitative estimate of drug-likeness (QED) is 0.697. The minimum atomic E-state index is -1.01. The van der Waals surface area contributed by atoms with Crippen LogP contribution in [0, 0.1) is 6.92 Å². The van der Waals surface area contributed by atoms with Crippen molar-refractivity contribution >= 4 is 5.97 Å². The molecular weight excluding hydrogens is 230 g/mol. The van der Waals surface area contributed by atoms with Gasteiger partial charge in [0, 0.05) is 18.2 Å². The second-order valence-corrected chi connectivity index (χ2v) is 4.77. The van der Waals surface area contributed by atoms with E-state index in [4.69, 9.17) is 9.52 Å². The monoisotopic (exact) mass is 253 g/mol. The Morgan fingerprint density at radius 2 is 2.22 bits per heavy atom. The molecule has 0 aliphatic rings. The first kappa shape index (κ1) is 14.8. The molecular formula is C14H23NO3. The molecule has 0 fully saturated rings. The molecule has 1 aromatic heterocycles. The van der Waals surface area contributed by atoms with Crippen molar-refractivity contribution in [3.63, 3.8) is 0 Å². The van der Waals surface area contributed by atoms with Crippen molar-refractivity contribution in [2.75, 3.05) is 0 Å². The van der Waals surface area contributed by atoms with Crippen LogP contribution in [0.15, 0.2) is 10.5 Å². The van der Waals surface area contributed by atoms with E-state index in [-0.39, 0.29) is 5.76 Å². The minimum absolute atomic E-state index is 0.0166. The Morgan fingerprint density at radius 1 is 1.50 bits per heavy atom. The van der Waals surface area contributed by atoms with E-state index in [2.05, 4.69) is 19.2 Å². The molecule has 1 heterocycles. The molecule has 1 unspecified atom stereocenters. The van der Waals surface area contributed by atoms with E-state index >= 15 is 0 Å². The summed E-state index contributed by atoms with van der Waals surface area (Å²) in [6.45, 7) is 6.81. The van der Waals surface area contributed by atoms with Gasteiger partial charge < -0.3 is 14.8 Å². The largest absolute Gasteiger partial charge is 0.475 e. The minimum Gasteiger partial charge on any atom is -0.475 e. The van der Waals surface area contributed by atoms with Gasteiger partial charge in [-0.15, -0.1) is 0 Å². The highest BCUT2D eigenvalue weighted by molar-refractivity contribution is 5.84. The van der Waals surface area contributed by atoms with Crippen molar-refractivity contribution in [1.29, 1.82) is 0 Å². The normalized spacial score (nSPS) is 12.6. The molecule has 1 atom stereocenters. The summed E-state index contributed by atoms with van der Waals surface area (Å²) < 4.78 is 5.17. The highest BCUT2D eigenvalue weighted by Gasteiger charge is 2.13. The fraction of sp³-hybridized carbons (Fsp3) is 0.643. The molecule has 0 aliphatic heterocycles. The third-order valence-electron chi connectivity index (χ3n) is 3.11. The number of carbonyl (C=O) groups is 1. The molecule has 0 aliphatic carbocycles. The molecule has 0 amide bonds. The van der Waals surface area contributed by atoms with E-state index < -0.39 is 5.97 Å². The molecule has 0 spiro atoms. The van der Waals surface area contributed by atoms with E-state index in [1.165, 1.54) is 19.3 Å². The topological polar surface area (TPSA) is 62.5 Å². The number of aryl methyl sites for hydroxylation is 1. The van der Waals surface area contributed by atoms with Crippen LogP contribution in [0.25, 0.3) is 0 Å². The SMILES string of the molecule is CCCCCC(C)NCc1cc(C(=O)O)oc1C. The lowest BCUT2D eigenvalue weighted by Gasteiger charge is -2.12. The van der Waals surface area contributed by atoms with Crippen LogP contribution < -0.4 is 5.32 Å². The van der Waals surface area contributed by atoms with Gasteiger partial charge in [-0.3, -0.25) is 0 Å². The Balaban J connectivity index is 2.40. The molecule has 0 saturated heterocycles. The van der Waals surface area contributed by atoms with Crippen LogP contribution in [0.1, 0.15) is 61.4 Å². The number of hydrogen-bond acceptors (Lipinski definition) is 3. The zero-order chi connectivity index (χ0) is 13.5. The van der Waals surface area contributed by atoms with Crippen LogP contribution in [0.5, 0.6) is 0 Å². The van der Waals surface area contributed by atoms with Gasteiger partial charge in [-0.2, -0.15) is 0 Å². The van der Waals surface area contributed by atoms with E-state index in [0.29, 0.717) is 18.3 Å². The number of rotatable bonds is 8. The maximum atomic E-state index is 10.8. The van der Waals surface area contributed by atoms with Gasteiger partial charge in [0.15, 0.2) is 0 Å². The van der Waals surface area contributed by atoms with E-state index in [1.54, 1.807) is 13.0 Å². The third-order valence-corrected chi connectivity index (χ3v) is 3.11. The van der Waals surface area contributed by atoms with Crippen LogP contribution in [-0.2, 0) is 6.54 Å². The summed E-state index contributed by atoms with van der Waals surface area (Å²) in [4.78, 5) is 10.8. The molecule has 0 radical (unpaired) electrons. The molecule has 0 bridgehead atoms. The number of aromatic carboxylic acids is 1. The Kier molecular flexibility index (Phi) is 5.92. The van der Waals surface area contributed by atoms with Gasteiger partial charge in [-0.25, -0.2) is 4.79 Å². The number of carboxylic acid groups (broad SMARTS) is 1. The van der Waals surface area contributed by atoms with Gasteiger partial charge in [0.1, 0.15) is 5.76 Å². The summed E-state index contributed by atoms with van der Waals surface area (Å²) in [7, 11) is 0. The van der Waals surface area contributed by atoms with Crippen LogP contribution in [-0.4, -0.2) is 17.1 Å². The summed E-state index contributed by atoms with van der Waals surface area (Å²) in [5.74, 6) is -0.316. The Bertz CT molecular complexity index is 384. The average Bonchev–Trinajstić information content (AvgIpc) is 2.69. The van der Waals surface area contributed by atoms with Crippen molar-refractivity contribution in [3.8, 4) is 0 Å². The zero-order valence-electron chi connectivity index (χ0n) is 11.5. The highest BCUT2D eigenvalue weighted by atomic mass is 16.4. The van der Waals surface area contributed by atoms with Crippen molar-refractivity contribution in [2.45, 2.75) is 59.0 Å². The molecule has 1 aromatic rings. The van der Waals surface area contributed by atoms with Gasteiger partial charge >= 0.3 is 5.97 Å². The van der Waals surface area contributed by atoms with E-state index in [9.17, 15) is 4.79 Å². The van der Waals surface area contributed by atoms with Gasteiger partial charge in [-0.1, -0.05) is 26.2 Å².